The van der Waals surface area contributed by atoms with Crippen molar-refractivity contribution in [3.63, 3.8) is 0 Å². The van der Waals surface area contributed by atoms with Gasteiger partial charge in [0.2, 0.25) is 0 Å². The van der Waals surface area contributed by atoms with E-state index < -0.39 is 0 Å². The minimum absolute atomic E-state index is 0.724. The smallest absolute Gasteiger partial charge is 0.000771 e. The van der Waals surface area contributed by atoms with Crippen LogP contribution in [0.5, 0.6) is 0 Å². The van der Waals surface area contributed by atoms with Crippen molar-refractivity contribution in [2.45, 2.75) is 71.6 Å². The van der Waals surface area contributed by atoms with Gasteiger partial charge in [0.1, 0.15) is 0 Å². The van der Waals surface area contributed by atoms with E-state index in [1.807, 2.05) is 0 Å². The van der Waals surface area contributed by atoms with E-state index in [0.717, 1.165) is 5.41 Å². The monoisotopic (exact) mass is 211 g/mol. The Morgan fingerprint density at radius 2 is 1.60 bits per heavy atom. The molecule has 0 bridgehead atoms. The third-order valence-corrected chi connectivity index (χ3v) is 3.91. The van der Waals surface area contributed by atoms with Crippen LogP contribution >= 0.6 is 0 Å². The van der Waals surface area contributed by atoms with Crippen molar-refractivity contribution in [1.82, 2.24) is 5.32 Å². The number of rotatable bonds is 10. The van der Waals surface area contributed by atoms with Crippen molar-refractivity contribution in [3.8, 4) is 0 Å². The van der Waals surface area contributed by atoms with Gasteiger partial charge in [0.05, 0.1) is 0 Å². The fourth-order valence-electron chi connectivity index (χ4n) is 2.22. The summed E-state index contributed by atoms with van der Waals surface area (Å²) in [5, 5.41) is 3.63. The normalized spacial score (nSPS) is 18.0. The van der Waals surface area contributed by atoms with Crippen molar-refractivity contribution < 1.29 is 0 Å². The highest BCUT2D eigenvalue weighted by molar-refractivity contribution is 4.93. The SMILES string of the molecule is CCCCCCCCNCC1(CC)CC1. The van der Waals surface area contributed by atoms with Gasteiger partial charge >= 0.3 is 0 Å². The highest BCUT2D eigenvalue weighted by atomic mass is 14.9. The van der Waals surface area contributed by atoms with Crippen LogP contribution in [0, 0.1) is 5.41 Å². The molecule has 1 aliphatic carbocycles. The quantitative estimate of drug-likeness (QED) is 0.536. The van der Waals surface area contributed by atoms with Gasteiger partial charge in [-0.2, -0.15) is 0 Å². The molecule has 1 N–H and O–H groups in total. The van der Waals surface area contributed by atoms with Crippen LogP contribution in [-0.4, -0.2) is 13.1 Å². The molecule has 1 fully saturated rings. The minimum atomic E-state index is 0.724. The van der Waals surface area contributed by atoms with Gasteiger partial charge in [0.25, 0.3) is 0 Å². The summed E-state index contributed by atoms with van der Waals surface area (Å²) in [7, 11) is 0. The lowest BCUT2D eigenvalue weighted by molar-refractivity contribution is 0.437. The lowest BCUT2D eigenvalue weighted by atomic mass is 10.0. The summed E-state index contributed by atoms with van der Waals surface area (Å²) in [4.78, 5) is 0. The standard InChI is InChI=1S/C14H29N/c1-3-5-6-7-8-9-12-15-13-14(4-2)10-11-14/h15H,3-13H2,1-2H3. The van der Waals surface area contributed by atoms with Crippen LogP contribution in [0.15, 0.2) is 0 Å². The predicted octanol–water partition coefficient (Wildman–Crippen LogP) is 4.13. The van der Waals surface area contributed by atoms with E-state index in [0.29, 0.717) is 0 Å². The predicted molar refractivity (Wildman–Crippen MR) is 68.2 cm³/mol. The molecular weight excluding hydrogens is 182 g/mol. The molecule has 1 saturated carbocycles. The van der Waals surface area contributed by atoms with Crippen molar-refractivity contribution in [2.75, 3.05) is 13.1 Å². The average Bonchev–Trinajstić information content (AvgIpc) is 3.03. The molecule has 0 spiro atoms. The Bertz CT molecular complexity index is 149. The molecule has 0 aromatic heterocycles. The highest BCUT2D eigenvalue weighted by Crippen LogP contribution is 2.47. The van der Waals surface area contributed by atoms with E-state index in [2.05, 4.69) is 19.2 Å². The van der Waals surface area contributed by atoms with Crippen LogP contribution in [0.2, 0.25) is 0 Å². The second-order valence-corrected chi connectivity index (χ2v) is 5.30. The maximum Gasteiger partial charge on any atom is 0.000771 e. The lowest BCUT2D eigenvalue weighted by Gasteiger charge is -2.13. The summed E-state index contributed by atoms with van der Waals surface area (Å²) in [6, 6.07) is 0. The third kappa shape index (κ3) is 5.55. The van der Waals surface area contributed by atoms with E-state index in [4.69, 9.17) is 0 Å². The lowest BCUT2D eigenvalue weighted by Crippen LogP contribution is -2.24. The molecule has 1 rings (SSSR count). The molecule has 0 aromatic carbocycles. The maximum absolute atomic E-state index is 3.63. The van der Waals surface area contributed by atoms with Crippen LogP contribution in [0.25, 0.3) is 0 Å². The molecule has 0 amide bonds. The summed E-state index contributed by atoms with van der Waals surface area (Å²) in [5.41, 5.74) is 0.724. The van der Waals surface area contributed by atoms with E-state index in [1.165, 1.54) is 70.9 Å². The number of hydrogen-bond donors (Lipinski definition) is 1. The van der Waals surface area contributed by atoms with E-state index in [1.54, 1.807) is 0 Å². The van der Waals surface area contributed by atoms with Crippen molar-refractivity contribution in [1.29, 1.82) is 0 Å². The molecule has 15 heavy (non-hydrogen) atoms. The minimum Gasteiger partial charge on any atom is -0.316 e. The molecule has 0 atom stereocenters. The molecule has 0 unspecified atom stereocenters. The van der Waals surface area contributed by atoms with Gasteiger partial charge in [0.15, 0.2) is 0 Å². The topological polar surface area (TPSA) is 12.0 Å². The largest absolute Gasteiger partial charge is 0.316 e. The van der Waals surface area contributed by atoms with Gasteiger partial charge in [-0.1, -0.05) is 46.0 Å². The zero-order chi connectivity index (χ0) is 11.0. The molecule has 0 saturated heterocycles. The first-order valence-electron chi connectivity index (χ1n) is 7.04. The van der Waals surface area contributed by atoms with Crippen LogP contribution in [0.1, 0.15) is 71.6 Å². The molecule has 0 heterocycles. The highest BCUT2D eigenvalue weighted by Gasteiger charge is 2.39. The number of nitrogens with one attached hydrogen (secondary N) is 1. The molecule has 0 radical (unpaired) electrons. The summed E-state index contributed by atoms with van der Waals surface area (Å²) in [6.07, 6.45) is 12.8. The zero-order valence-corrected chi connectivity index (χ0v) is 10.8. The van der Waals surface area contributed by atoms with Gasteiger partial charge in [-0.05, 0) is 37.6 Å². The Labute approximate surface area is 96.0 Å². The number of unbranched alkanes of at least 4 members (excludes halogenated alkanes) is 5. The van der Waals surface area contributed by atoms with Crippen molar-refractivity contribution in [3.05, 3.63) is 0 Å². The second-order valence-electron chi connectivity index (χ2n) is 5.30. The fraction of sp³-hybridized carbons (Fsp3) is 1.00. The average molecular weight is 211 g/mol. The summed E-state index contributed by atoms with van der Waals surface area (Å²) in [5.74, 6) is 0. The van der Waals surface area contributed by atoms with Crippen LogP contribution in [0.3, 0.4) is 0 Å². The Balaban J connectivity index is 1.77. The summed E-state index contributed by atoms with van der Waals surface area (Å²) < 4.78 is 0. The first kappa shape index (κ1) is 13.0. The van der Waals surface area contributed by atoms with Gasteiger partial charge < -0.3 is 5.32 Å². The molecule has 90 valence electrons. The molecular formula is C14H29N. The first-order chi connectivity index (χ1) is 7.33. The first-order valence-corrected chi connectivity index (χ1v) is 7.04. The van der Waals surface area contributed by atoms with E-state index >= 15 is 0 Å². The zero-order valence-electron chi connectivity index (χ0n) is 10.8. The van der Waals surface area contributed by atoms with Crippen LogP contribution in [0.4, 0.5) is 0 Å². The van der Waals surface area contributed by atoms with Crippen LogP contribution in [-0.2, 0) is 0 Å². The van der Waals surface area contributed by atoms with Gasteiger partial charge in [-0.15, -0.1) is 0 Å². The Kier molecular flexibility index (Phi) is 6.31. The fourth-order valence-corrected chi connectivity index (χ4v) is 2.22. The molecule has 1 heteroatoms. The molecule has 0 aliphatic heterocycles. The van der Waals surface area contributed by atoms with Crippen LogP contribution < -0.4 is 5.32 Å². The number of hydrogen-bond acceptors (Lipinski definition) is 1. The maximum atomic E-state index is 3.63. The van der Waals surface area contributed by atoms with Crippen molar-refractivity contribution >= 4 is 0 Å². The Hall–Kier alpha value is -0.0400. The Morgan fingerprint density at radius 1 is 0.933 bits per heavy atom. The molecule has 1 aliphatic rings. The van der Waals surface area contributed by atoms with Gasteiger partial charge in [-0.3, -0.25) is 0 Å². The molecule has 0 aromatic rings. The third-order valence-electron chi connectivity index (χ3n) is 3.91. The van der Waals surface area contributed by atoms with Gasteiger partial charge in [0, 0.05) is 6.54 Å². The van der Waals surface area contributed by atoms with E-state index in [9.17, 15) is 0 Å². The summed E-state index contributed by atoms with van der Waals surface area (Å²) in [6.45, 7) is 7.13. The summed E-state index contributed by atoms with van der Waals surface area (Å²) >= 11 is 0. The van der Waals surface area contributed by atoms with Crippen molar-refractivity contribution in [2.24, 2.45) is 5.41 Å². The second kappa shape index (κ2) is 7.27. The van der Waals surface area contributed by atoms with E-state index in [-0.39, 0.29) is 0 Å². The Morgan fingerprint density at radius 3 is 2.20 bits per heavy atom. The molecule has 1 nitrogen and oxygen atoms in total. The van der Waals surface area contributed by atoms with Gasteiger partial charge in [-0.25, -0.2) is 0 Å².